The Hall–Kier alpha value is -2.57. The minimum Gasteiger partial charge on any atom is -0.478 e. The number of carbonyl (C=O) groups is 1. The average Bonchev–Trinajstić information content (AvgIpc) is 2.47. The van der Waals surface area contributed by atoms with Crippen LogP contribution in [0.5, 0.6) is 0 Å². The third kappa shape index (κ3) is 3.47. The van der Waals surface area contributed by atoms with Gasteiger partial charge in [0.2, 0.25) is 0 Å². The summed E-state index contributed by atoms with van der Waals surface area (Å²) in [5.41, 5.74) is 2.89. The summed E-state index contributed by atoms with van der Waals surface area (Å²) >= 11 is 0. The van der Waals surface area contributed by atoms with Crippen molar-refractivity contribution < 1.29 is 15.0 Å². The van der Waals surface area contributed by atoms with Gasteiger partial charge in [-0.2, -0.15) is 0 Å². The normalized spacial score (nSPS) is 9.65. The standard InChI is InChI=1S/C17H14O3/c18-12-11-15-4-2-1-3-14(15)8-5-13-6-9-16(10-7-13)17(19)20/h1-4,6-7,9-10,18H,11-12H2,(H,19,20). The van der Waals surface area contributed by atoms with Gasteiger partial charge >= 0.3 is 5.97 Å². The molecule has 0 saturated carbocycles. The quantitative estimate of drug-likeness (QED) is 0.838. The second kappa shape index (κ2) is 6.55. The van der Waals surface area contributed by atoms with E-state index in [1.165, 1.54) is 12.1 Å². The number of benzene rings is 2. The number of aliphatic hydroxyl groups excluding tert-OH is 1. The van der Waals surface area contributed by atoms with Crippen LogP contribution in [0.3, 0.4) is 0 Å². The van der Waals surface area contributed by atoms with E-state index in [0.717, 1.165) is 16.7 Å². The van der Waals surface area contributed by atoms with E-state index in [0.29, 0.717) is 6.42 Å². The Morgan fingerprint density at radius 2 is 1.70 bits per heavy atom. The van der Waals surface area contributed by atoms with Crippen molar-refractivity contribution in [1.29, 1.82) is 0 Å². The molecule has 0 aliphatic rings. The molecule has 0 radical (unpaired) electrons. The number of carboxylic acids is 1. The summed E-state index contributed by atoms with van der Waals surface area (Å²) in [6.45, 7) is 0.0893. The second-order valence-electron chi connectivity index (χ2n) is 4.26. The molecular weight excluding hydrogens is 252 g/mol. The molecule has 0 aromatic heterocycles. The van der Waals surface area contributed by atoms with Gasteiger partial charge in [0, 0.05) is 17.7 Å². The Morgan fingerprint density at radius 3 is 2.35 bits per heavy atom. The Morgan fingerprint density at radius 1 is 1.00 bits per heavy atom. The zero-order chi connectivity index (χ0) is 14.4. The fourth-order valence-corrected chi connectivity index (χ4v) is 1.82. The van der Waals surface area contributed by atoms with Crippen molar-refractivity contribution in [3.8, 4) is 11.8 Å². The predicted octanol–water partition coefficient (Wildman–Crippen LogP) is 2.32. The van der Waals surface area contributed by atoms with Crippen molar-refractivity contribution >= 4 is 5.97 Å². The van der Waals surface area contributed by atoms with Gasteiger partial charge in [0.05, 0.1) is 5.56 Å². The maximum absolute atomic E-state index is 10.7. The van der Waals surface area contributed by atoms with Crippen LogP contribution in [0.15, 0.2) is 48.5 Å². The van der Waals surface area contributed by atoms with Gasteiger partial charge in [0.25, 0.3) is 0 Å². The van der Waals surface area contributed by atoms with E-state index in [2.05, 4.69) is 11.8 Å². The van der Waals surface area contributed by atoms with Gasteiger partial charge in [0.1, 0.15) is 0 Å². The van der Waals surface area contributed by atoms with E-state index in [-0.39, 0.29) is 12.2 Å². The molecule has 20 heavy (non-hydrogen) atoms. The molecular formula is C17H14O3. The van der Waals surface area contributed by atoms with Gasteiger partial charge in [-0.1, -0.05) is 30.0 Å². The minimum absolute atomic E-state index is 0.0893. The zero-order valence-corrected chi connectivity index (χ0v) is 10.8. The summed E-state index contributed by atoms with van der Waals surface area (Å²) in [6, 6.07) is 14.1. The molecule has 0 aliphatic heterocycles. The first-order valence-corrected chi connectivity index (χ1v) is 6.25. The largest absolute Gasteiger partial charge is 0.478 e. The van der Waals surface area contributed by atoms with Crippen LogP contribution >= 0.6 is 0 Å². The van der Waals surface area contributed by atoms with E-state index in [1.807, 2.05) is 24.3 Å². The van der Waals surface area contributed by atoms with E-state index >= 15 is 0 Å². The molecule has 100 valence electrons. The summed E-state index contributed by atoms with van der Waals surface area (Å²) in [5.74, 6) is 5.11. The third-order valence-electron chi connectivity index (χ3n) is 2.87. The molecule has 0 amide bonds. The molecule has 0 saturated heterocycles. The Kier molecular flexibility index (Phi) is 4.54. The molecule has 2 rings (SSSR count). The number of aromatic carboxylic acids is 1. The van der Waals surface area contributed by atoms with Crippen molar-refractivity contribution in [2.75, 3.05) is 6.61 Å². The number of hydrogen-bond acceptors (Lipinski definition) is 2. The molecule has 0 spiro atoms. The molecule has 0 fully saturated rings. The monoisotopic (exact) mass is 266 g/mol. The van der Waals surface area contributed by atoms with Gasteiger partial charge in [0.15, 0.2) is 0 Å². The zero-order valence-electron chi connectivity index (χ0n) is 10.8. The van der Waals surface area contributed by atoms with Crippen LogP contribution in [0.2, 0.25) is 0 Å². The molecule has 2 aromatic carbocycles. The lowest BCUT2D eigenvalue weighted by Gasteiger charge is -2.01. The van der Waals surface area contributed by atoms with Crippen molar-refractivity contribution in [2.45, 2.75) is 6.42 Å². The van der Waals surface area contributed by atoms with Crippen molar-refractivity contribution in [3.05, 3.63) is 70.8 Å². The summed E-state index contributed by atoms with van der Waals surface area (Å²) in [7, 11) is 0. The molecule has 3 nitrogen and oxygen atoms in total. The molecule has 2 aromatic rings. The van der Waals surface area contributed by atoms with Crippen molar-refractivity contribution in [1.82, 2.24) is 0 Å². The van der Waals surface area contributed by atoms with Crippen LogP contribution in [0, 0.1) is 11.8 Å². The SMILES string of the molecule is O=C(O)c1ccc(C#Cc2ccccc2CCO)cc1. The summed E-state index contributed by atoms with van der Waals surface area (Å²) in [4.78, 5) is 10.7. The average molecular weight is 266 g/mol. The highest BCUT2D eigenvalue weighted by Gasteiger charge is 2.00. The van der Waals surface area contributed by atoms with Crippen molar-refractivity contribution in [2.24, 2.45) is 0 Å². The lowest BCUT2D eigenvalue weighted by atomic mass is 10.0. The van der Waals surface area contributed by atoms with Crippen LogP contribution in [0.1, 0.15) is 27.0 Å². The fourth-order valence-electron chi connectivity index (χ4n) is 1.82. The van der Waals surface area contributed by atoms with Gasteiger partial charge in [-0.25, -0.2) is 4.79 Å². The number of aliphatic hydroxyl groups is 1. The summed E-state index contributed by atoms with van der Waals surface area (Å²) in [5, 5.41) is 17.8. The molecule has 0 bridgehead atoms. The summed E-state index contributed by atoms with van der Waals surface area (Å²) in [6.07, 6.45) is 0.572. The highest BCUT2D eigenvalue weighted by atomic mass is 16.4. The number of hydrogen-bond donors (Lipinski definition) is 2. The highest BCUT2D eigenvalue weighted by molar-refractivity contribution is 5.87. The first-order chi connectivity index (χ1) is 9.70. The topological polar surface area (TPSA) is 57.5 Å². The molecule has 0 atom stereocenters. The first kappa shape index (κ1) is 13.9. The highest BCUT2D eigenvalue weighted by Crippen LogP contribution is 2.09. The van der Waals surface area contributed by atoms with Gasteiger partial charge in [-0.05, 0) is 42.3 Å². The van der Waals surface area contributed by atoms with E-state index in [1.54, 1.807) is 12.1 Å². The van der Waals surface area contributed by atoms with Crippen LogP contribution in [-0.4, -0.2) is 22.8 Å². The van der Waals surface area contributed by atoms with E-state index < -0.39 is 5.97 Å². The minimum atomic E-state index is -0.946. The third-order valence-corrected chi connectivity index (χ3v) is 2.87. The second-order valence-corrected chi connectivity index (χ2v) is 4.26. The molecule has 3 heteroatoms. The Bertz CT molecular complexity index is 661. The molecule has 0 heterocycles. The first-order valence-electron chi connectivity index (χ1n) is 6.25. The molecule has 0 aliphatic carbocycles. The van der Waals surface area contributed by atoms with Crippen LogP contribution in [0.25, 0.3) is 0 Å². The van der Waals surface area contributed by atoms with E-state index in [4.69, 9.17) is 10.2 Å². The lowest BCUT2D eigenvalue weighted by molar-refractivity contribution is 0.0697. The fraction of sp³-hybridized carbons (Fsp3) is 0.118. The van der Waals surface area contributed by atoms with E-state index in [9.17, 15) is 4.79 Å². The van der Waals surface area contributed by atoms with Crippen LogP contribution in [0.4, 0.5) is 0 Å². The van der Waals surface area contributed by atoms with Gasteiger partial charge in [-0.3, -0.25) is 0 Å². The lowest BCUT2D eigenvalue weighted by Crippen LogP contribution is -1.95. The predicted molar refractivity (Wildman–Crippen MR) is 76.6 cm³/mol. The van der Waals surface area contributed by atoms with Gasteiger partial charge < -0.3 is 10.2 Å². The number of carboxylic acid groups (broad SMARTS) is 1. The van der Waals surface area contributed by atoms with Crippen LogP contribution in [-0.2, 0) is 6.42 Å². The van der Waals surface area contributed by atoms with Crippen molar-refractivity contribution in [3.63, 3.8) is 0 Å². The Labute approximate surface area is 117 Å². The summed E-state index contributed by atoms with van der Waals surface area (Å²) < 4.78 is 0. The van der Waals surface area contributed by atoms with Gasteiger partial charge in [-0.15, -0.1) is 0 Å². The molecule has 0 unspecified atom stereocenters. The van der Waals surface area contributed by atoms with Crippen LogP contribution < -0.4 is 0 Å². The maximum atomic E-state index is 10.7. The maximum Gasteiger partial charge on any atom is 0.335 e. The smallest absolute Gasteiger partial charge is 0.335 e. The molecule has 2 N–H and O–H groups in total. The Balaban J connectivity index is 2.24. The number of rotatable bonds is 3.